The lowest BCUT2D eigenvalue weighted by Gasteiger charge is -1.93. The molecule has 1 aliphatic heterocycles. The van der Waals surface area contributed by atoms with E-state index in [0.717, 1.165) is 16.8 Å². The summed E-state index contributed by atoms with van der Waals surface area (Å²) in [5, 5.41) is 10.7. The van der Waals surface area contributed by atoms with Gasteiger partial charge in [-0.3, -0.25) is 9.78 Å². The largest absolute Gasteiger partial charge is 0.320 e. The lowest BCUT2D eigenvalue weighted by Crippen LogP contribution is -2.13. The summed E-state index contributed by atoms with van der Waals surface area (Å²) >= 11 is 0. The molecular weight excluding hydrogens is 240 g/mol. The number of nitrogens with zero attached hydrogens (tertiary/aromatic N) is 3. The maximum Gasteiger partial charge on any atom is 0.276 e. The fourth-order valence-electron chi connectivity index (χ4n) is 1.81. The second kappa shape index (κ2) is 4.81. The Hall–Kier alpha value is -2.82. The van der Waals surface area contributed by atoms with Gasteiger partial charge >= 0.3 is 0 Å². The Morgan fingerprint density at radius 3 is 2.89 bits per heavy atom. The first-order valence-electron chi connectivity index (χ1n) is 5.76. The van der Waals surface area contributed by atoms with Crippen molar-refractivity contribution in [3.63, 3.8) is 0 Å². The maximum absolute atomic E-state index is 11.7. The summed E-state index contributed by atoms with van der Waals surface area (Å²) in [5.41, 5.74) is 2.70. The van der Waals surface area contributed by atoms with Crippen LogP contribution >= 0.6 is 0 Å². The average Bonchev–Trinajstić information content (AvgIpc) is 2.76. The number of amides is 1. The van der Waals surface area contributed by atoms with Crippen LogP contribution < -0.4 is 5.32 Å². The highest BCUT2D eigenvalue weighted by Crippen LogP contribution is 2.22. The molecule has 0 bridgehead atoms. The van der Waals surface area contributed by atoms with Crippen molar-refractivity contribution in [2.45, 2.75) is 0 Å². The van der Waals surface area contributed by atoms with Crippen molar-refractivity contribution in [2.75, 3.05) is 5.32 Å². The predicted molar refractivity (Wildman–Crippen MR) is 73.4 cm³/mol. The van der Waals surface area contributed by atoms with E-state index in [9.17, 15) is 4.79 Å². The Balaban J connectivity index is 1.89. The van der Waals surface area contributed by atoms with E-state index in [-0.39, 0.29) is 5.91 Å². The molecule has 0 unspecified atom stereocenters. The van der Waals surface area contributed by atoms with Gasteiger partial charge in [-0.25, -0.2) is 0 Å². The number of anilines is 1. The number of para-hydroxylation sites is 1. The molecule has 92 valence electrons. The van der Waals surface area contributed by atoms with E-state index in [0.29, 0.717) is 5.71 Å². The van der Waals surface area contributed by atoms with E-state index in [4.69, 9.17) is 0 Å². The van der Waals surface area contributed by atoms with Gasteiger partial charge in [-0.05, 0) is 12.1 Å². The molecule has 0 atom stereocenters. The van der Waals surface area contributed by atoms with Crippen LogP contribution in [0.5, 0.6) is 0 Å². The number of carbonyl (C=O) groups is 1. The Morgan fingerprint density at radius 2 is 2.05 bits per heavy atom. The first-order valence-corrected chi connectivity index (χ1v) is 5.76. The quantitative estimate of drug-likeness (QED) is 0.653. The zero-order valence-corrected chi connectivity index (χ0v) is 9.95. The summed E-state index contributed by atoms with van der Waals surface area (Å²) in [7, 11) is 0. The summed E-state index contributed by atoms with van der Waals surface area (Å²) in [4.78, 5) is 15.7. The van der Waals surface area contributed by atoms with E-state index in [2.05, 4.69) is 20.5 Å². The van der Waals surface area contributed by atoms with E-state index in [1.54, 1.807) is 18.6 Å². The fourth-order valence-corrected chi connectivity index (χ4v) is 1.81. The molecule has 2 aromatic rings. The number of rotatable bonds is 2. The smallest absolute Gasteiger partial charge is 0.276 e. The van der Waals surface area contributed by atoms with Gasteiger partial charge in [0.1, 0.15) is 0 Å². The molecule has 5 nitrogen and oxygen atoms in total. The summed E-state index contributed by atoms with van der Waals surface area (Å²) < 4.78 is 0. The molecule has 0 saturated heterocycles. The number of fused-ring (bicyclic) bond motifs is 1. The van der Waals surface area contributed by atoms with Crippen molar-refractivity contribution >= 4 is 23.5 Å². The summed E-state index contributed by atoms with van der Waals surface area (Å²) in [6, 6.07) is 11.1. The topological polar surface area (TPSA) is 66.7 Å². The Kier molecular flexibility index (Phi) is 2.86. The third kappa shape index (κ3) is 2.26. The Morgan fingerprint density at radius 1 is 1.16 bits per heavy atom. The van der Waals surface area contributed by atoms with Crippen LogP contribution in [0.2, 0.25) is 0 Å². The van der Waals surface area contributed by atoms with Gasteiger partial charge in [-0.1, -0.05) is 24.3 Å². The summed E-state index contributed by atoms with van der Waals surface area (Å²) in [5.74, 6) is -0.232. The number of carbonyl (C=O) groups excluding carboxylic acids is 1. The molecule has 1 amide bonds. The number of nitrogens with one attached hydrogen (secondary N) is 1. The fraction of sp³-hybridized carbons (Fsp3) is 0. The molecule has 19 heavy (non-hydrogen) atoms. The average molecular weight is 250 g/mol. The van der Waals surface area contributed by atoms with Gasteiger partial charge in [-0.15, -0.1) is 5.10 Å². The van der Waals surface area contributed by atoms with Crippen molar-refractivity contribution in [2.24, 2.45) is 10.2 Å². The van der Waals surface area contributed by atoms with Crippen LogP contribution in [0.15, 0.2) is 59.0 Å². The molecule has 0 radical (unpaired) electrons. The second-order valence-electron chi connectivity index (χ2n) is 3.98. The highest BCUT2D eigenvalue weighted by molar-refractivity contribution is 6.53. The number of pyridine rings is 1. The third-order valence-electron chi connectivity index (χ3n) is 2.69. The zero-order valence-electron chi connectivity index (χ0n) is 9.95. The molecule has 1 aromatic heterocycles. The monoisotopic (exact) mass is 250 g/mol. The van der Waals surface area contributed by atoms with Gasteiger partial charge in [0.15, 0.2) is 5.71 Å². The molecule has 5 heteroatoms. The minimum atomic E-state index is -0.232. The van der Waals surface area contributed by atoms with Crippen LogP contribution in [0.1, 0.15) is 11.1 Å². The third-order valence-corrected chi connectivity index (χ3v) is 2.69. The Labute approximate surface area is 109 Å². The summed E-state index contributed by atoms with van der Waals surface area (Å²) in [6.45, 7) is 0. The first kappa shape index (κ1) is 11.3. The van der Waals surface area contributed by atoms with Crippen LogP contribution in [-0.4, -0.2) is 22.8 Å². The van der Waals surface area contributed by atoms with Gasteiger partial charge in [0, 0.05) is 23.5 Å². The minimum absolute atomic E-state index is 0.232. The molecule has 2 heterocycles. The van der Waals surface area contributed by atoms with Crippen LogP contribution in [0.3, 0.4) is 0 Å². The second-order valence-corrected chi connectivity index (χ2v) is 3.98. The zero-order chi connectivity index (χ0) is 13.1. The molecule has 1 N–H and O–H groups in total. The van der Waals surface area contributed by atoms with Gasteiger partial charge in [0.05, 0.1) is 11.9 Å². The lowest BCUT2D eigenvalue weighted by atomic mass is 10.1. The standard InChI is InChI=1S/C14H10N4O/c19-14-13(11-5-1-2-6-12(11)17-14)18-16-9-10-4-3-7-15-8-10/h1-9H,(H,17,18,19). The molecule has 1 aliphatic rings. The number of aromatic nitrogens is 1. The highest BCUT2D eigenvalue weighted by Gasteiger charge is 2.25. The van der Waals surface area contributed by atoms with Gasteiger partial charge in [0.2, 0.25) is 0 Å². The van der Waals surface area contributed by atoms with E-state index in [1.807, 2.05) is 36.4 Å². The number of benzene rings is 1. The molecule has 1 aromatic carbocycles. The molecule has 0 spiro atoms. The minimum Gasteiger partial charge on any atom is -0.320 e. The SMILES string of the molecule is O=C1Nc2ccccc2/C1=N/N=Cc1cccnc1. The Bertz CT molecular complexity index is 677. The maximum atomic E-state index is 11.7. The lowest BCUT2D eigenvalue weighted by molar-refractivity contribution is -0.110. The normalized spacial score (nSPS) is 15.8. The van der Waals surface area contributed by atoms with Crippen molar-refractivity contribution < 1.29 is 4.79 Å². The van der Waals surface area contributed by atoms with E-state index >= 15 is 0 Å². The van der Waals surface area contributed by atoms with Gasteiger partial charge in [0.25, 0.3) is 5.91 Å². The van der Waals surface area contributed by atoms with Crippen molar-refractivity contribution in [3.05, 3.63) is 59.9 Å². The highest BCUT2D eigenvalue weighted by atomic mass is 16.2. The predicted octanol–water partition coefficient (Wildman–Crippen LogP) is 1.86. The molecule has 0 aliphatic carbocycles. The van der Waals surface area contributed by atoms with Gasteiger partial charge in [-0.2, -0.15) is 5.10 Å². The van der Waals surface area contributed by atoms with Crippen LogP contribution in [0.25, 0.3) is 0 Å². The van der Waals surface area contributed by atoms with Crippen LogP contribution in [0.4, 0.5) is 5.69 Å². The summed E-state index contributed by atoms with van der Waals surface area (Å²) in [6.07, 6.45) is 4.92. The molecule has 3 rings (SSSR count). The van der Waals surface area contributed by atoms with Crippen LogP contribution in [-0.2, 0) is 4.79 Å². The first-order chi connectivity index (χ1) is 9.34. The molecule has 0 saturated carbocycles. The van der Waals surface area contributed by atoms with Gasteiger partial charge < -0.3 is 5.32 Å². The molecular formula is C14H10N4O. The van der Waals surface area contributed by atoms with E-state index < -0.39 is 0 Å². The van der Waals surface area contributed by atoms with E-state index in [1.165, 1.54) is 0 Å². The number of hydrogen-bond acceptors (Lipinski definition) is 4. The van der Waals surface area contributed by atoms with Crippen molar-refractivity contribution in [3.8, 4) is 0 Å². The van der Waals surface area contributed by atoms with Crippen LogP contribution in [0, 0.1) is 0 Å². The number of hydrogen-bond donors (Lipinski definition) is 1. The van der Waals surface area contributed by atoms with Crippen molar-refractivity contribution in [1.82, 2.24) is 4.98 Å². The molecule has 0 fully saturated rings. The van der Waals surface area contributed by atoms with Crippen molar-refractivity contribution in [1.29, 1.82) is 0 Å².